The van der Waals surface area contributed by atoms with Crippen LogP contribution in [0.5, 0.6) is 0 Å². The number of nitrogens with one attached hydrogen (secondary N) is 4. The Labute approximate surface area is 263 Å². The van der Waals surface area contributed by atoms with Crippen molar-refractivity contribution in [3.63, 3.8) is 0 Å². The smallest absolute Gasteiger partial charge is 0.312 e. The summed E-state index contributed by atoms with van der Waals surface area (Å²) >= 11 is 0. The monoisotopic (exact) mass is 630 g/mol. The molecule has 0 radical (unpaired) electrons. The van der Waals surface area contributed by atoms with Crippen LogP contribution in [0.1, 0.15) is 70.8 Å². The Kier molecular flexibility index (Phi) is 13.1. The number of rotatable bonds is 15. The molecule has 2 unspecified atom stereocenters. The second-order valence-corrected chi connectivity index (χ2v) is 12.0. The second kappa shape index (κ2) is 16.8. The zero-order valence-corrected chi connectivity index (χ0v) is 26.2. The molecule has 2 aliphatic rings. The largest absolute Gasteiger partial charge is 0.469 e. The van der Waals surface area contributed by atoms with E-state index in [1.807, 2.05) is 4.90 Å². The predicted molar refractivity (Wildman–Crippen MR) is 164 cm³/mol. The Bertz CT molecular complexity index is 1210. The molecule has 0 aromatic heterocycles. The number of fused-ring (bicyclic) bond motifs is 2. The Morgan fingerprint density at radius 1 is 0.978 bits per heavy atom. The molecule has 2 saturated heterocycles. The van der Waals surface area contributed by atoms with Gasteiger partial charge in [-0.3, -0.25) is 24.0 Å². The first kappa shape index (κ1) is 35.3. The number of benzene rings is 1. The van der Waals surface area contributed by atoms with E-state index in [9.17, 15) is 33.9 Å². The average molecular weight is 631 g/mol. The fourth-order valence-electron chi connectivity index (χ4n) is 6.04. The van der Waals surface area contributed by atoms with Crippen LogP contribution in [0.2, 0.25) is 0 Å². The van der Waals surface area contributed by atoms with Gasteiger partial charge in [0.15, 0.2) is 0 Å². The van der Waals surface area contributed by atoms with E-state index in [-0.39, 0.29) is 68.2 Å². The number of hydrogen-bond acceptors (Lipinski definition) is 8. The van der Waals surface area contributed by atoms with Crippen LogP contribution in [-0.2, 0) is 35.3 Å². The number of nitrogens with zero attached hydrogens (tertiary/aromatic N) is 1. The van der Waals surface area contributed by atoms with Gasteiger partial charge in [-0.2, -0.15) is 0 Å². The number of piperidine rings is 1. The molecule has 0 saturated carbocycles. The highest BCUT2D eigenvalue weighted by molar-refractivity contribution is 5.98. The summed E-state index contributed by atoms with van der Waals surface area (Å²) in [4.78, 5) is 77.4. The summed E-state index contributed by atoms with van der Waals surface area (Å²) in [6.07, 6.45) is 3.11. The summed E-state index contributed by atoms with van der Waals surface area (Å²) in [5.74, 6) is -2.48. The van der Waals surface area contributed by atoms with Gasteiger partial charge in [-0.25, -0.2) is 4.79 Å². The lowest BCUT2D eigenvalue weighted by Crippen LogP contribution is -2.54. The van der Waals surface area contributed by atoms with Gasteiger partial charge in [0.2, 0.25) is 23.6 Å². The van der Waals surface area contributed by atoms with Crippen molar-refractivity contribution < 1.29 is 38.6 Å². The third-order valence-electron chi connectivity index (χ3n) is 8.39. The van der Waals surface area contributed by atoms with Crippen LogP contribution >= 0.6 is 0 Å². The predicted octanol–water partition coefficient (Wildman–Crippen LogP) is 0.914. The van der Waals surface area contributed by atoms with E-state index in [0.717, 1.165) is 12.8 Å². The highest BCUT2D eigenvalue weighted by Gasteiger charge is 2.45. The van der Waals surface area contributed by atoms with Crippen LogP contribution < -0.4 is 27.0 Å². The van der Waals surface area contributed by atoms with Crippen molar-refractivity contribution in [2.24, 2.45) is 17.6 Å². The van der Waals surface area contributed by atoms with Crippen molar-refractivity contribution in [3.8, 4) is 0 Å². The lowest BCUT2D eigenvalue weighted by atomic mass is 9.90. The number of carbonyl (C=O) groups is 6. The minimum absolute atomic E-state index is 0.0267. The standard InChI is InChI=1S/C31H46N6O8/c1-18(2)27(36-25(39)12-13-26(40)37-22-10-11-23(37)16-20(15-22)30(43)45-3)29(42)35-24(5-4-14-33-31(32)44)28(41)34-21-8-6-19(17-38)7-9-21/h6-9,18,20,22-24,27,38H,4-5,10-17H2,1-3H3,(H,34,41)(H,35,42)(H,36,39)(H3,32,33,44)/t20?,22?,23?,24-,27-/m0/s1. The number of urea groups is 1. The number of amides is 6. The van der Waals surface area contributed by atoms with Gasteiger partial charge in [-0.15, -0.1) is 0 Å². The number of carbonyl (C=O) groups excluding carboxylic acids is 6. The molecule has 1 aromatic carbocycles. The maximum absolute atomic E-state index is 13.4. The van der Waals surface area contributed by atoms with Crippen molar-refractivity contribution in [2.45, 2.75) is 96.0 Å². The number of anilines is 1. The first-order valence-corrected chi connectivity index (χ1v) is 15.5. The molecule has 1 aromatic rings. The van der Waals surface area contributed by atoms with Gasteiger partial charge in [-0.1, -0.05) is 26.0 Å². The number of aliphatic hydroxyl groups is 1. The van der Waals surface area contributed by atoms with Gasteiger partial charge in [0.05, 0.1) is 19.6 Å². The first-order valence-electron chi connectivity index (χ1n) is 15.5. The molecule has 6 amide bonds. The average Bonchev–Trinajstić information content (AvgIpc) is 3.28. The minimum atomic E-state index is -0.993. The molecule has 2 bridgehead atoms. The number of esters is 1. The third kappa shape index (κ3) is 10.2. The maximum atomic E-state index is 13.4. The lowest BCUT2D eigenvalue weighted by Gasteiger charge is -2.38. The van der Waals surface area contributed by atoms with Crippen LogP contribution in [0, 0.1) is 11.8 Å². The second-order valence-electron chi connectivity index (χ2n) is 12.0. The summed E-state index contributed by atoms with van der Waals surface area (Å²) in [6, 6.07) is 3.80. The minimum Gasteiger partial charge on any atom is -0.469 e. The van der Waals surface area contributed by atoms with Gasteiger partial charge in [0, 0.05) is 37.2 Å². The van der Waals surface area contributed by atoms with Crippen molar-refractivity contribution in [2.75, 3.05) is 19.0 Å². The van der Waals surface area contributed by atoms with Gasteiger partial charge in [0.25, 0.3) is 0 Å². The highest BCUT2D eigenvalue weighted by atomic mass is 16.5. The number of nitrogens with two attached hydrogens (primary N) is 1. The summed E-state index contributed by atoms with van der Waals surface area (Å²) in [7, 11) is 1.36. The van der Waals surface area contributed by atoms with Crippen LogP contribution in [0.15, 0.2) is 24.3 Å². The Balaban J connectivity index is 1.58. The molecular weight excluding hydrogens is 584 g/mol. The molecule has 248 valence electrons. The van der Waals surface area contributed by atoms with E-state index in [0.29, 0.717) is 30.5 Å². The van der Waals surface area contributed by atoms with E-state index in [1.54, 1.807) is 38.1 Å². The lowest BCUT2D eigenvalue weighted by molar-refractivity contribution is -0.151. The van der Waals surface area contributed by atoms with E-state index in [1.165, 1.54) is 7.11 Å². The Morgan fingerprint density at radius 3 is 2.18 bits per heavy atom. The molecule has 0 spiro atoms. The van der Waals surface area contributed by atoms with Crippen LogP contribution in [0.25, 0.3) is 0 Å². The molecule has 2 fully saturated rings. The molecule has 4 atom stereocenters. The normalized spacial score (nSPS) is 20.1. The van der Waals surface area contributed by atoms with Gasteiger partial charge < -0.3 is 41.7 Å². The van der Waals surface area contributed by atoms with E-state index >= 15 is 0 Å². The Morgan fingerprint density at radius 2 is 1.62 bits per heavy atom. The number of hydrogen-bond donors (Lipinski definition) is 6. The van der Waals surface area contributed by atoms with Crippen LogP contribution in [-0.4, -0.2) is 83.5 Å². The summed E-state index contributed by atoms with van der Waals surface area (Å²) in [5, 5.41) is 19.9. The first-order chi connectivity index (χ1) is 21.4. The van der Waals surface area contributed by atoms with Crippen molar-refractivity contribution in [1.82, 2.24) is 20.9 Å². The molecule has 2 heterocycles. The zero-order chi connectivity index (χ0) is 33.1. The molecule has 14 nitrogen and oxygen atoms in total. The van der Waals surface area contributed by atoms with E-state index < -0.39 is 35.8 Å². The Hall–Kier alpha value is -4.20. The molecule has 0 aliphatic carbocycles. The summed E-state index contributed by atoms with van der Waals surface area (Å²) in [5.41, 5.74) is 6.26. The number of primary amides is 1. The summed E-state index contributed by atoms with van der Waals surface area (Å²) < 4.78 is 4.89. The molecule has 2 aliphatic heterocycles. The highest BCUT2D eigenvalue weighted by Crippen LogP contribution is 2.39. The topological polar surface area (TPSA) is 209 Å². The van der Waals surface area contributed by atoms with Gasteiger partial charge in [0.1, 0.15) is 12.1 Å². The maximum Gasteiger partial charge on any atom is 0.312 e. The molecule has 3 rings (SSSR count). The quantitative estimate of drug-likeness (QED) is 0.121. The summed E-state index contributed by atoms with van der Waals surface area (Å²) in [6.45, 7) is 3.56. The van der Waals surface area contributed by atoms with Crippen molar-refractivity contribution in [1.29, 1.82) is 0 Å². The number of aliphatic hydroxyl groups excluding tert-OH is 1. The van der Waals surface area contributed by atoms with Crippen molar-refractivity contribution >= 4 is 41.3 Å². The number of methoxy groups -OCH3 is 1. The van der Waals surface area contributed by atoms with E-state index in [2.05, 4.69) is 21.3 Å². The molecule has 14 heteroatoms. The molecular formula is C31H46N6O8. The fourth-order valence-corrected chi connectivity index (χ4v) is 6.04. The number of ether oxygens (including phenoxy) is 1. The van der Waals surface area contributed by atoms with Gasteiger partial charge in [-0.05, 0) is 62.1 Å². The molecule has 7 N–H and O–H groups in total. The van der Waals surface area contributed by atoms with Crippen molar-refractivity contribution in [3.05, 3.63) is 29.8 Å². The van der Waals surface area contributed by atoms with Crippen LogP contribution in [0.3, 0.4) is 0 Å². The fraction of sp³-hybridized carbons (Fsp3) is 0.613. The van der Waals surface area contributed by atoms with Gasteiger partial charge >= 0.3 is 12.0 Å². The molecule has 45 heavy (non-hydrogen) atoms. The zero-order valence-electron chi connectivity index (χ0n) is 26.2. The third-order valence-corrected chi connectivity index (χ3v) is 8.39. The van der Waals surface area contributed by atoms with Crippen LogP contribution in [0.4, 0.5) is 10.5 Å². The SMILES string of the molecule is COC(=O)C1CC2CCC(C1)N2C(=O)CCC(=O)N[C@H](C(=O)N[C@@H](CCCNC(N)=O)C(=O)Nc1ccc(CO)cc1)C(C)C. The van der Waals surface area contributed by atoms with E-state index in [4.69, 9.17) is 10.5 Å².